The monoisotopic (exact) mass is 514 g/mol. The second-order valence-corrected chi connectivity index (χ2v) is 10.6. The summed E-state index contributed by atoms with van der Waals surface area (Å²) in [5.41, 5.74) is 12.8. The fourth-order valence-electron chi connectivity index (χ4n) is 5.34. The summed E-state index contributed by atoms with van der Waals surface area (Å²) < 4.78 is 23.6. The predicted octanol–water partition coefficient (Wildman–Crippen LogP) is 6.60. The molecule has 0 unspecified atom stereocenters. The smallest absolute Gasteiger partial charge is 0.249 e. The molecule has 8 heteroatoms. The Kier molecular flexibility index (Phi) is 5.91. The molecular weight excluding hydrogens is 487 g/mol. The Labute approximate surface area is 218 Å². The number of carbonyl (C=O) groups excluding carboxylic acids is 1. The van der Waals surface area contributed by atoms with Gasteiger partial charge in [-0.05, 0) is 92.2 Å². The van der Waals surface area contributed by atoms with Gasteiger partial charge in [-0.2, -0.15) is 0 Å². The quantitative estimate of drug-likeness (QED) is 0.267. The maximum atomic E-state index is 13.6. The molecule has 1 amide bonds. The minimum Gasteiger partial charge on any atom is -0.366 e. The van der Waals surface area contributed by atoms with Gasteiger partial charge in [-0.15, -0.1) is 0 Å². The van der Waals surface area contributed by atoms with Crippen molar-refractivity contribution >= 4 is 45.3 Å². The second kappa shape index (κ2) is 9.27. The lowest BCUT2D eigenvalue weighted by Gasteiger charge is -2.27. The van der Waals surface area contributed by atoms with Crippen molar-refractivity contribution in [3.8, 4) is 11.1 Å². The van der Waals surface area contributed by atoms with E-state index in [0.717, 1.165) is 68.6 Å². The number of hydrogen-bond acceptors (Lipinski definition) is 5. The number of fused-ring (bicyclic) bond motifs is 3. The number of rotatable bonds is 5. The molecule has 6 nitrogen and oxygen atoms in total. The van der Waals surface area contributed by atoms with E-state index in [4.69, 9.17) is 10.3 Å². The molecule has 188 valence electrons. The van der Waals surface area contributed by atoms with Crippen molar-refractivity contribution in [3.63, 3.8) is 0 Å². The summed E-state index contributed by atoms with van der Waals surface area (Å²) in [6.45, 7) is 5.25. The van der Waals surface area contributed by atoms with Gasteiger partial charge in [-0.25, -0.2) is 4.39 Å². The molecule has 0 atom stereocenters. The maximum absolute atomic E-state index is 13.6. The van der Waals surface area contributed by atoms with E-state index in [9.17, 15) is 9.18 Å². The van der Waals surface area contributed by atoms with Crippen molar-refractivity contribution in [1.82, 2.24) is 9.72 Å². The number of nitrogens with zero attached hydrogens (tertiary/aromatic N) is 3. The van der Waals surface area contributed by atoms with E-state index in [-0.39, 0.29) is 5.82 Å². The highest BCUT2D eigenvalue weighted by Crippen LogP contribution is 2.40. The van der Waals surface area contributed by atoms with E-state index in [1.165, 1.54) is 18.6 Å². The third-order valence-electron chi connectivity index (χ3n) is 7.08. The maximum Gasteiger partial charge on any atom is 0.249 e. The minimum absolute atomic E-state index is 0.272. The topological polar surface area (TPSA) is 77.3 Å². The van der Waals surface area contributed by atoms with Crippen molar-refractivity contribution in [2.75, 3.05) is 16.6 Å². The zero-order chi connectivity index (χ0) is 25.7. The summed E-state index contributed by atoms with van der Waals surface area (Å²) >= 11 is 1.84. The molecular formula is C29H27FN4O2S. The van der Waals surface area contributed by atoms with E-state index in [1.54, 1.807) is 12.1 Å². The second-order valence-electron chi connectivity index (χ2n) is 9.54. The minimum atomic E-state index is -0.489. The van der Waals surface area contributed by atoms with Crippen LogP contribution in [0.2, 0.25) is 0 Å². The van der Waals surface area contributed by atoms with Gasteiger partial charge in [0.1, 0.15) is 11.6 Å². The molecule has 0 spiro atoms. The van der Waals surface area contributed by atoms with Gasteiger partial charge in [-0.3, -0.25) is 4.79 Å². The van der Waals surface area contributed by atoms with Gasteiger partial charge < -0.3 is 19.1 Å². The number of nitrogens with two attached hydrogens (primary N) is 1. The first-order valence-corrected chi connectivity index (χ1v) is 13.3. The first-order valence-electron chi connectivity index (χ1n) is 12.4. The van der Waals surface area contributed by atoms with Gasteiger partial charge in [-0.1, -0.05) is 17.3 Å². The van der Waals surface area contributed by atoms with Crippen LogP contribution in [-0.4, -0.2) is 27.9 Å². The number of aryl methyl sites for hydroxylation is 2. The Balaban J connectivity index is 1.65. The molecule has 2 aromatic heterocycles. The Bertz CT molecular complexity index is 1630. The lowest BCUT2D eigenvalue weighted by Crippen LogP contribution is -2.20. The van der Waals surface area contributed by atoms with Crippen molar-refractivity contribution in [1.29, 1.82) is 0 Å². The van der Waals surface area contributed by atoms with Crippen molar-refractivity contribution in [3.05, 3.63) is 83.0 Å². The number of aromatic nitrogens is 2. The van der Waals surface area contributed by atoms with E-state index in [0.29, 0.717) is 17.9 Å². The Morgan fingerprint density at radius 3 is 2.57 bits per heavy atom. The molecule has 0 saturated carbocycles. The van der Waals surface area contributed by atoms with Crippen LogP contribution in [0.1, 0.15) is 40.2 Å². The van der Waals surface area contributed by atoms with Crippen LogP contribution in [0.5, 0.6) is 0 Å². The van der Waals surface area contributed by atoms with Gasteiger partial charge in [0, 0.05) is 51.9 Å². The van der Waals surface area contributed by atoms with Crippen LogP contribution < -0.4 is 10.0 Å². The van der Waals surface area contributed by atoms with Crippen LogP contribution >= 0.6 is 11.9 Å². The van der Waals surface area contributed by atoms with Gasteiger partial charge in [0.15, 0.2) is 0 Å². The van der Waals surface area contributed by atoms with Gasteiger partial charge in [0.05, 0.1) is 11.2 Å². The van der Waals surface area contributed by atoms with Crippen LogP contribution in [0.3, 0.4) is 0 Å². The van der Waals surface area contributed by atoms with Crippen LogP contribution in [0, 0.1) is 19.7 Å². The summed E-state index contributed by atoms with van der Waals surface area (Å²) in [6, 6.07) is 16.9. The van der Waals surface area contributed by atoms with Crippen LogP contribution in [0.4, 0.5) is 10.1 Å². The van der Waals surface area contributed by atoms with Crippen LogP contribution in [0.15, 0.2) is 59.1 Å². The average Bonchev–Trinajstić information content (AvgIpc) is 3.40. The van der Waals surface area contributed by atoms with Gasteiger partial charge in [0.2, 0.25) is 5.91 Å². The largest absolute Gasteiger partial charge is 0.366 e. The van der Waals surface area contributed by atoms with Crippen LogP contribution in [-0.2, 0) is 6.54 Å². The molecule has 2 N–H and O–H groups in total. The normalized spacial score (nSPS) is 14.1. The summed E-state index contributed by atoms with van der Waals surface area (Å²) in [7, 11) is 0. The molecule has 1 saturated heterocycles. The summed E-state index contributed by atoms with van der Waals surface area (Å²) in [5.74, 6) is 1.01. The van der Waals surface area contributed by atoms with Gasteiger partial charge >= 0.3 is 0 Å². The molecule has 5 aromatic rings. The summed E-state index contributed by atoms with van der Waals surface area (Å²) in [5, 5.41) is 5.91. The van der Waals surface area contributed by atoms with E-state index in [1.807, 2.05) is 31.9 Å². The number of primary amides is 1. The molecule has 3 aromatic carbocycles. The number of benzene rings is 3. The molecule has 6 rings (SSSR count). The molecule has 1 aliphatic heterocycles. The summed E-state index contributed by atoms with van der Waals surface area (Å²) in [4.78, 5) is 12.9. The first-order chi connectivity index (χ1) is 17.9. The fourth-order valence-corrected chi connectivity index (χ4v) is 6.42. The van der Waals surface area contributed by atoms with E-state index in [2.05, 4.69) is 38.3 Å². The summed E-state index contributed by atoms with van der Waals surface area (Å²) in [6.07, 6.45) is 2.38. The van der Waals surface area contributed by atoms with E-state index < -0.39 is 5.91 Å². The fraction of sp³-hybridized carbons (Fsp3) is 0.241. The number of hydrogen-bond donors (Lipinski definition) is 1. The molecule has 1 fully saturated rings. The highest BCUT2D eigenvalue weighted by Gasteiger charge is 2.22. The Hall–Kier alpha value is -3.78. The average molecular weight is 515 g/mol. The number of anilines is 1. The SMILES string of the molecule is Cc1noc(C)c1-c1cc(C(N)=O)c2c3cc(N4CCCCS4)ccc3n(Cc3ccc(F)cc3)c2c1. The number of carbonyl (C=O) groups is 1. The van der Waals surface area contributed by atoms with Crippen molar-refractivity contribution in [2.24, 2.45) is 5.73 Å². The molecule has 3 heterocycles. The predicted molar refractivity (Wildman–Crippen MR) is 147 cm³/mol. The zero-order valence-corrected chi connectivity index (χ0v) is 21.6. The van der Waals surface area contributed by atoms with E-state index >= 15 is 0 Å². The van der Waals surface area contributed by atoms with Gasteiger partial charge in [0.25, 0.3) is 0 Å². The molecule has 1 aliphatic rings. The molecule has 0 bridgehead atoms. The van der Waals surface area contributed by atoms with Crippen molar-refractivity contribution < 1.29 is 13.7 Å². The lowest BCUT2D eigenvalue weighted by atomic mass is 9.97. The number of halogens is 1. The third kappa shape index (κ3) is 4.15. The highest BCUT2D eigenvalue weighted by atomic mass is 32.2. The highest BCUT2D eigenvalue weighted by molar-refractivity contribution is 8.00. The Morgan fingerprint density at radius 1 is 1.08 bits per heavy atom. The number of amides is 1. The third-order valence-corrected chi connectivity index (χ3v) is 8.26. The molecule has 0 aliphatic carbocycles. The molecule has 37 heavy (non-hydrogen) atoms. The molecule has 0 radical (unpaired) electrons. The van der Waals surface area contributed by atoms with Crippen molar-refractivity contribution in [2.45, 2.75) is 33.2 Å². The lowest BCUT2D eigenvalue weighted by molar-refractivity contribution is 0.100. The standard InChI is InChI=1S/C29H27FN4O2S/c1-17-27(18(2)36-32-17)20-13-24(29(31)35)28-23-15-22(34-11-3-4-12-37-34)9-10-25(23)33(26(28)14-20)16-19-5-7-21(30)8-6-19/h5-10,13-15H,3-4,11-12,16H2,1-2H3,(H2,31,35). The zero-order valence-electron chi connectivity index (χ0n) is 20.8. The van der Waals surface area contributed by atoms with Crippen LogP contribution in [0.25, 0.3) is 32.9 Å². The first kappa shape index (κ1) is 23.6. The Morgan fingerprint density at radius 2 is 1.89 bits per heavy atom.